The molecule has 4 rings (SSSR count). The molecule has 0 bridgehead atoms. The molecule has 0 saturated heterocycles. The van der Waals surface area contributed by atoms with Crippen LogP contribution in [0.3, 0.4) is 0 Å². The third-order valence-electron chi connectivity index (χ3n) is 8.83. The van der Waals surface area contributed by atoms with Gasteiger partial charge in [0.15, 0.2) is 0 Å². The minimum Gasteiger partial charge on any atom is -1.00 e. The molecule has 0 unspecified atom stereocenters. The third kappa shape index (κ3) is 4.14. The van der Waals surface area contributed by atoms with Crippen molar-refractivity contribution in [3.8, 4) is 0 Å². The molecule has 1 nitrogen and oxygen atoms in total. The Labute approximate surface area is 169 Å². The van der Waals surface area contributed by atoms with Gasteiger partial charge < -0.3 is 16.9 Å². The number of rotatable bonds is 4. The highest BCUT2D eigenvalue weighted by atomic mass is 35.5. The quantitative estimate of drug-likeness (QED) is 0.642. The van der Waals surface area contributed by atoms with Gasteiger partial charge in [0.05, 0.1) is 24.2 Å². The lowest BCUT2D eigenvalue weighted by Crippen LogP contribution is -3.00. The highest BCUT2D eigenvalue weighted by Gasteiger charge is 2.53. The maximum absolute atomic E-state index is 1.67. The minimum absolute atomic E-state index is 0. The van der Waals surface area contributed by atoms with Gasteiger partial charge >= 0.3 is 0 Å². The molecule has 0 aromatic carbocycles. The molecule has 0 atom stereocenters. The fourth-order valence-electron chi connectivity index (χ4n) is 7.90. The number of halogens is 1. The average molecular weight is 382 g/mol. The first kappa shape index (κ1) is 21.0. The standard InChI is InChI=1S/C24H44N.ClH/c1-5-13-21(14-6-1)25(22-15-7-2-8-16-22,23-17-9-3-10-18-23)24-19-11-4-12-20-24;/h21-24H,1-20H2;1H/q+1;/p-1. The van der Waals surface area contributed by atoms with Crippen LogP contribution in [0.2, 0.25) is 0 Å². The minimum atomic E-state index is 0. The van der Waals surface area contributed by atoms with Crippen molar-refractivity contribution >= 4 is 0 Å². The molecule has 4 fully saturated rings. The maximum atomic E-state index is 1.67. The molecule has 0 aliphatic heterocycles. The Bertz CT molecular complexity index is 308. The van der Waals surface area contributed by atoms with E-state index in [0.717, 1.165) is 24.2 Å². The number of hydrogen-bond donors (Lipinski definition) is 0. The van der Waals surface area contributed by atoms with Gasteiger partial charge in [-0.05, 0) is 103 Å². The summed E-state index contributed by atoms with van der Waals surface area (Å²) in [4.78, 5) is 0. The van der Waals surface area contributed by atoms with Crippen LogP contribution in [0, 0.1) is 0 Å². The third-order valence-corrected chi connectivity index (χ3v) is 8.83. The second-order valence-electron chi connectivity index (χ2n) is 10.1. The van der Waals surface area contributed by atoms with Crippen LogP contribution in [0.4, 0.5) is 0 Å². The van der Waals surface area contributed by atoms with Crippen LogP contribution in [0.15, 0.2) is 0 Å². The molecule has 0 N–H and O–H groups in total. The van der Waals surface area contributed by atoms with Crippen LogP contribution < -0.4 is 12.4 Å². The molecular weight excluding hydrogens is 338 g/mol. The Morgan fingerprint density at radius 2 is 0.500 bits per heavy atom. The lowest BCUT2D eigenvalue weighted by Gasteiger charge is -2.62. The highest BCUT2D eigenvalue weighted by Crippen LogP contribution is 2.47. The number of quaternary nitrogens is 1. The zero-order valence-electron chi connectivity index (χ0n) is 17.3. The van der Waals surface area contributed by atoms with Crippen LogP contribution in [0.25, 0.3) is 0 Å². The Kier molecular flexibility index (Phi) is 8.19. The predicted molar refractivity (Wildman–Crippen MR) is 108 cm³/mol. The molecule has 0 amide bonds. The monoisotopic (exact) mass is 381 g/mol. The molecule has 2 heteroatoms. The highest BCUT2D eigenvalue weighted by molar-refractivity contribution is 4.85. The van der Waals surface area contributed by atoms with E-state index in [1.54, 1.807) is 55.8 Å². The molecule has 0 spiro atoms. The zero-order valence-corrected chi connectivity index (χ0v) is 18.0. The average Bonchev–Trinajstić information content (AvgIpc) is 2.72. The molecule has 0 aromatic rings. The van der Waals surface area contributed by atoms with Gasteiger partial charge in [0.25, 0.3) is 0 Å². The summed E-state index contributed by atoms with van der Waals surface area (Å²) >= 11 is 0. The molecule has 0 heterocycles. The van der Waals surface area contributed by atoms with Gasteiger partial charge in [-0.3, -0.25) is 0 Å². The normalized spacial score (nSPS) is 28.6. The summed E-state index contributed by atoms with van der Waals surface area (Å²) in [5.41, 5.74) is 0. The summed E-state index contributed by atoms with van der Waals surface area (Å²) < 4.78 is 1.67. The fourth-order valence-corrected chi connectivity index (χ4v) is 7.90. The maximum Gasteiger partial charge on any atom is 0.0896 e. The first-order chi connectivity index (χ1) is 12.4. The smallest absolute Gasteiger partial charge is 0.0896 e. The van der Waals surface area contributed by atoms with Gasteiger partial charge in [-0.2, -0.15) is 0 Å². The molecule has 4 saturated carbocycles. The molecule has 4 aliphatic carbocycles. The van der Waals surface area contributed by atoms with Gasteiger partial charge in [0.1, 0.15) is 0 Å². The van der Waals surface area contributed by atoms with E-state index >= 15 is 0 Å². The Morgan fingerprint density at radius 1 is 0.308 bits per heavy atom. The summed E-state index contributed by atoms with van der Waals surface area (Å²) in [6.45, 7) is 0. The van der Waals surface area contributed by atoms with E-state index < -0.39 is 0 Å². The summed E-state index contributed by atoms with van der Waals surface area (Å²) in [6.07, 6.45) is 31.0. The lowest BCUT2D eigenvalue weighted by atomic mass is 9.76. The first-order valence-electron chi connectivity index (χ1n) is 12.3. The molecule has 152 valence electrons. The fraction of sp³-hybridized carbons (Fsp3) is 1.00. The predicted octanol–water partition coefficient (Wildman–Crippen LogP) is 4.14. The SMILES string of the molecule is C1CCC([N+](C2CCCCC2)(C2CCCCC2)C2CCCCC2)CC1.[Cl-]. The zero-order chi connectivity index (χ0) is 17.0. The van der Waals surface area contributed by atoms with Crippen molar-refractivity contribution in [2.45, 2.75) is 153 Å². The summed E-state index contributed by atoms with van der Waals surface area (Å²) in [7, 11) is 0. The second kappa shape index (κ2) is 10.1. The van der Waals surface area contributed by atoms with Gasteiger partial charge in [0, 0.05) is 0 Å². The van der Waals surface area contributed by atoms with Crippen LogP contribution in [-0.4, -0.2) is 28.7 Å². The second-order valence-corrected chi connectivity index (χ2v) is 10.1. The largest absolute Gasteiger partial charge is 1.00 e. The summed E-state index contributed by atoms with van der Waals surface area (Å²) in [5.74, 6) is 0. The van der Waals surface area contributed by atoms with E-state index in [1.165, 1.54) is 77.0 Å². The van der Waals surface area contributed by atoms with Gasteiger partial charge in [-0.25, -0.2) is 0 Å². The van der Waals surface area contributed by atoms with E-state index in [9.17, 15) is 0 Å². The molecule has 0 aromatic heterocycles. The van der Waals surface area contributed by atoms with Crippen LogP contribution in [0.5, 0.6) is 0 Å². The van der Waals surface area contributed by atoms with E-state index in [4.69, 9.17) is 0 Å². The topological polar surface area (TPSA) is 0 Å². The van der Waals surface area contributed by atoms with Crippen molar-refractivity contribution < 1.29 is 16.9 Å². The lowest BCUT2D eigenvalue weighted by molar-refractivity contribution is -1.02. The number of nitrogens with zero attached hydrogens (tertiary/aromatic N) is 1. The molecule has 4 aliphatic rings. The van der Waals surface area contributed by atoms with E-state index in [-0.39, 0.29) is 12.4 Å². The van der Waals surface area contributed by atoms with Crippen LogP contribution in [-0.2, 0) is 0 Å². The molecular formula is C24H44ClN. The molecule has 0 radical (unpaired) electrons. The van der Waals surface area contributed by atoms with Gasteiger partial charge in [0.2, 0.25) is 0 Å². The van der Waals surface area contributed by atoms with E-state index in [2.05, 4.69) is 0 Å². The van der Waals surface area contributed by atoms with Crippen molar-refractivity contribution in [2.75, 3.05) is 0 Å². The van der Waals surface area contributed by atoms with E-state index in [1.807, 2.05) is 0 Å². The Hall–Kier alpha value is 0.250. The van der Waals surface area contributed by atoms with Crippen molar-refractivity contribution in [3.05, 3.63) is 0 Å². The van der Waals surface area contributed by atoms with Crippen molar-refractivity contribution in [2.24, 2.45) is 0 Å². The Morgan fingerprint density at radius 3 is 0.692 bits per heavy atom. The van der Waals surface area contributed by atoms with Crippen molar-refractivity contribution in [1.29, 1.82) is 0 Å². The van der Waals surface area contributed by atoms with E-state index in [0.29, 0.717) is 0 Å². The van der Waals surface area contributed by atoms with Gasteiger partial charge in [-0.15, -0.1) is 0 Å². The Balaban J connectivity index is 0.00000196. The van der Waals surface area contributed by atoms with Gasteiger partial charge in [-0.1, -0.05) is 25.7 Å². The summed E-state index contributed by atoms with van der Waals surface area (Å²) in [5, 5.41) is 0. The first-order valence-corrected chi connectivity index (χ1v) is 12.3. The number of hydrogen-bond acceptors (Lipinski definition) is 0. The van der Waals surface area contributed by atoms with Crippen LogP contribution in [0.1, 0.15) is 128 Å². The van der Waals surface area contributed by atoms with Crippen molar-refractivity contribution in [1.82, 2.24) is 0 Å². The van der Waals surface area contributed by atoms with Crippen molar-refractivity contribution in [3.63, 3.8) is 0 Å². The summed E-state index contributed by atoms with van der Waals surface area (Å²) in [6, 6.07) is 4.18. The van der Waals surface area contributed by atoms with Crippen LogP contribution >= 0.6 is 0 Å². The molecule has 26 heavy (non-hydrogen) atoms.